The summed E-state index contributed by atoms with van der Waals surface area (Å²) in [4.78, 5) is 18.9. The van der Waals surface area contributed by atoms with E-state index < -0.39 is 0 Å². The van der Waals surface area contributed by atoms with Crippen LogP contribution in [0.3, 0.4) is 0 Å². The maximum Gasteiger partial charge on any atom is 0.233 e. The number of rotatable bonds is 4. The summed E-state index contributed by atoms with van der Waals surface area (Å²) in [6.07, 6.45) is 0.214. The molecule has 0 saturated carbocycles. The Bertz CT molecular complexity index is 689. The second-order valence-electron chi connectivity index (χ2n) is 6.21. The van der Waals surface area contributed by atoms with E-state index in [0.29, 0.717) is 18.8 Å². The molecule has 0 radical (unpaired) electrons. The molecule has 1 aromatic heterocycles. The third kappa shape index (κ3) is 4.37. The fraction of sp³-hybridized carbons (Fsp3) is 0.444. The summed E-state index contributed by atoms with van der Waals surface area (Å²) in [7, 11) is 0. The minimum atomic E-state index is 0.107. The van der Waals surface area contributed by atoms with Gasteiger partial charge in [0.2, 0.25) is 5.91 Å². The van der Waals surface area contributed by atoms with Gasteiger partial charge in [-0.2, -0.15) is 0 Å². The predicted molar refractivity (Wildman–Crippen MR) is 99.6 cm³/mol. The number of hydrogen-bond acceptors (Lipinski definition) is 5. The Morgan fingerprint density at radius 1 is 1.29 bits per heavy atom. The van der Waals surface area contributed by atoms with Crippen molar-refractivity contribution in [3.63, 3.8) is 0 Å². The Balaban J connectivity index is 1.57. The Hall–Kier alpha value is -1.37. The van der Waals surface area contributed by atoms with E-state index in [9.17, 15) is 4.79 Å². The summed E-state index contributed by atoms with van der Waals surface area (Å²) in [5.41, 5.74) is 3.33. The van der Waals surface area contributed by atoms with E-state index in [1.807, 2.05) is 18.7 Å². The van der Waals surface area contributed by atoms with Crippen molar-refractivity contribution in [1.29, 1.82) is 0 Å². The number of aromatic nitrogens is 1. The molecular formula is C18H22N2O2S2. The van der Waals surface area contributed by atoms with Crippen molar-refractivity contribution in [3.05, 3.63) is 35.2 Å². The van der Waals surface area contributed by atoms with Crippen LogP contribution in [-0.2, 0) is 9.53 Å². The lowest BCUT2D eigenvalue weighted by Gasteiger charge is -2.35. The Morgan fingerprint density at radius 3 is 2.62 bits per heavy atom. The van der Waals surface area contributed by atoms with Crippen molar-refractivity contribution < 1.29 is 9.53 Å². The van der Waals surface area contributed by atoms with E-state index in [4.69, 9.17) is 4.74 Å². The molecule has 1 aliphatic rings. The molecule has 0 unspecified atom stereocenters. The third-order valence-corrected chi connectivity index (χ3v) is 5.93. The molecule has 0 spiro atoms. The maximum absolute atomic E-state index is 12.4. The molecule has 1 aromatic carbocycles. The number of ether oxygens (including phenoxy) is 1. The number of nitrogens with zero attached hydrogens (tertiary/aromatic N) is 2. The molecule has 1 fully saturated rings. The van der Waals surface area contributed by atoms with Gasteiger partial charge in [-0.05, 0) is 20.8 Å². The number of carbonyl (C=O) groups is 1. The first-order valence-electron chi connectivity index (χ1n) is 8.10. The fourth-order valence-electron chi connectivity index (χ4n) is 2.78. The topological polar surface area (TPSA) is 42.4 Å². The van der Waals surface area contributed by atoms with Gasteiger partial charge in [0.1, 0.15) is 0 Å². The summed E-state index contributed by atoms with van der Waals surface area (Å²) >= 11 is 3.11. The Morgan fingerprint density at radius 2 is 1.96 bits per heavy atom. The van der Waals surface area contributed by atoms with Gasteiger partial charge in [0, 0.05) is 24.0 Å². The molecule has 4 nitrogen and oxygen atoms in total. The number of benzene rings is 1. The van der Waals surface area contributed by atoms with Gasteiger partial charge >= 0.3 is 0 Å². The molecule has 2 atom stereocenters. The molecule has 2 heterocycles. The molecule has 128 valence electrons. The maximum atomic E-state index is 12.4. The number of aryl methyl sites for hydroxylation is 1. The van der Waals surface area contributed by atoms with Crippen LogP contribution in [0.1, 0.15) is 19.4 Å². The van der Waals surface area contributed by atoms with E-state index in [2.05, 4.69) is 41.6 Å². The first-order chi connectivity index (χ1) is 11.5. The molecule has 0 bridgehead atoms. The van der Waals surface area contributed by atoms with Crippen molar-refractivity contribution in [3.8, 4) is 11.3 Å². The monoisotopic (exact) mass is 362 g/mol. The standard InChI is InChI=1S/C18H22N2O2S2/c1-12-4-6-15(7-5-12)16-10-23-18(19-16)24-11-17(21)20-8-13(2)22-14(3)9-20/h4-7,10,13-14H,8-9,11H2,1-3H3/t13-,14-/m0/s1. The van der Waals surface area contributed by atoms with Crippen LogP contribution in [0.5, 0.6) is 0 Å². The second-order valence-corrected chi connectivity index (χ2v) is 8.29. The minimum Gasteiger partial charge on any atom is -0.372 e. The van der Waals surface area contributed by atoms with Crippen LogP contribution in [0.15, 0.2) is 34.0 Å². The van der Waals surface area contributed by atoms with Gasteiger partial charge in [-0.15, -0.1) is 11.3 Å². The fourth-order valence-corrected chi connectivity index (χ4v) is 4.51. The van der Waals surface area contributed by atoms with Gasteiger partial charge in [-0.3, -0.25) is 4.79 Å². The zero-order chi connectivity index (χ0) is 17.1. The molecule has 1 aliphatic heterocycles. The van der Waals surface area contributed by atoms with Crippen LogP contribution >= 0.6 is 23.1 Å². The lowest BCUT2D eigenvalue weighted by molar-refractivity contribution is -0.140. The summed E-state index contributed by atoms with van der Waals surface area (Å²) < 4.78 is 6.62. The third-order valence-electron chi connectivity index (χ3n) is 3.92. The quantitative estimate of drug-likeness (QED) is 0.775. The molecule has 3 rings (SSSR count). The number of morpholine rings is 1. The molecular weight excluding hydrogens is 340 g/mol. The van der Waals surface area contributed by atoms with Gasteiger partial charge in [-0.25, -0.2) is 4.98 Å². The first-order valence-corrected chi connectivity index (χ1v) is 9.96. The average Bonchev–Trinajstić information content (AvgIpc) is 3.01. The van der Waals surface area contributed by atoms with Gasteiger partial charge in [0.05, 0.1) is 23.7 Å². The second kappa shape index (κ2) is 7.68. The molecule has 24 heavy (non-hydrogen) atoms. The van der Waals surface area contributed by atoms with Crippen LogP contribution in [-0.4, -0.2) is 46.8 Å². The van der Waals surface area contributed by atoms with E-state index in [-0.39, 0.29) is 18.1 Å². The van der Waals surface area contributed by atoms with Crippen molar-refractivity contribution in [2.45, 2.75) is 37.3 Å². The molecule has 1 saturated heterocycles. The van der Waals surface area contributed by atoms with Gasteiger partial charge in [0.15, 0.2) is 4.34 Å². The SMILES string of the molecule is Cc1ccc(-c2csc(SCC(=O)N3C[C@H](C)O[C@@H](C)C3)n2)cc1. The van der Waals surface area contributed by atoms with Gasteiger partial charge in [-0.1, -0.05) is 41.6 Å². The molecule has 0 N–H and O–H groups in total. The van der Waals surface area contributed by atoms with E-state index in [0.717, 1.165) is 15.6 Å². The zero-order valence-electron chi connectivity index (χ0n) is 14.2. The Kier molecular flexibility index (Phi) is 5.58. The minimum absolute atomic E-state index is 0.107. The predicted octanol–water partition coefficient (Wildman–Crippen LogP) is 3.85. The van der Waals surface area contributed by atoms with E-state index in [1.54, 1.807) is 11.3 Å². The average molecular weight is 363 g/mol. The highest BCUT2D eigenvalue weighted by molar-refractivity contribution is 8.01. The summed E-state index contributed by atoms with van der Waals surface area (Å²) in [5, 5.41) is 2.05. The van der Waals surface area contributed by atoms with Crippen LogP contribution in [0, 0.1) is 6.92 Å². The highest BCUT2D eigenvalue weighted by Gasteiger charge is 2.25. The summed E-state index contributed by atoms with van der Waals surface area (Å²) in [6.45, 7) is 7.45. The summed E-state index contributed by atoms with van der Waals surface area (Å²) in [5.74, 6) is 0.592. The summed E-state index contributed by atoms with van der Waals surface area (Å²) in [6, 6.07) is 8.35. The number of hydrogen-bond donors (Lipinski definition) is 0. The largest absolute Gasteiger partial charge is 0.372 e. The molecule has 0 aliphatic carbocycles. The van der Waals surface area contributed by atoms with Crippen molar-refractivity contribution in [1.82, 2.24) is 9.88 Å². The van der Waals surface area contributed by atoms with Crippen LogP contribution in [0.4, 0.5) is 0 Å². The van der Waals surface area contributed by atoms with E-state index >= 15 is 0 Å². The zero-order valence-corrected chi connectivity index (χ0v) is 15.8. The number of thiazole rings is 1. The Labute approximate surface area is 151 Å². The van der Waals surface area contributed by atoms with Crippen LogP contribution in [0.25, 0.3) is 11.3 Å². The van der Waals surface area contributed by atoms with Gasteiger partial charge < -0.3 is 9.64 Å². The molecule has 2 aromatic rings. The lowest BCUT2D eigenvalue weighted by atomic mass is 10.1. The first kappa shape index (κ1) is 17.5. The highest BCUT2D eigenvalue weighted by Crippen LogP contribution is 2.28. The van der Waals surface area contributed by atoms with Crippen molar-refractivity contribution in [2.75, 3.05) is 18.8 Å². The van der Waals surface area contributed by atoms with Crippen molar-refractivity contribution in [2.24, 2.45) is 0 Å². The smallest absolute Gasteiger partial charge is 0.233 e. The van der Waals surface area contributed by atoms with E-state index in [1.165, 1.54) is 17.3 Å². The molecule has 6 heteroatoms. The molecule has 1 amide bonds. The number of thioether (sulfide) groups is 1. The van der Waals surface area contributed by atoms with Crippen molar-refractivity contribution >= 4 is 29.0 Å². The lowest BCUT2D eigenvalue weighted by Crippen LogP contribution is -2.48. The van der Waals surface area contributed by atoms with Gasteiger partial charge in [0.25, 0.3) is 0 Å². The number of amides is 1. The van der Waals surface area contributed by atoms with Crippen LogP contribution < -0.4 is 0 Å². The van der Waals surface area contributed by atoms with Crippen LogP contribution in [0.2, 0.25) is 0 Å². The normalized spacial score (nSPS) is 21.0. The number of carbonyl (C=O) groups excluding carboxylic acids is 1. The highest BCUT2D eigenvalue weighted by atomic mass is 32.2.